The van der Waals surface area contributed by atoms with Crippen LogP contribution in [0.2, 0.25) is 0 Å². The van der Waals surface area contributed by atoms with Crippen LogP contribution in [0.15, 0.2) is 53.7 Å². The molecule has 2 nitrogen and oxygen atoms in total. The van der Waals surface area contributed by atoms with Gasteiger partial charge in [0, 0.05) is 38.3 Å². The van der Waals surface area contributed by atoms with Gasteiger partial charge in [-0.2, -0.15) is 30.3 Å². The fraction of sp³-hybridized carbons (Fsp3) is 0.133. The van der Waals surface area contributed by atoms with Crippen LogP contribution in [-0.2, 0) is 37.5 Å². The molecular weight excluding hydrogens is 299 g/mol. The van der Waals surface area contributed by atoms with Crippen molar-refractivity contribution in [2.45, 2.75) is 6.92 Å². The SMILES string of the molecule is CON=C(c1cc[c-]cc1)c1ccc(C)cc1.[Y]. The first-order valence-corrected chi connectivity index (χ1v) is 5.46. The maximum absolute atomic E-state index is 4.92. The molecule has 0 aliphatic rings. The first kappa shape index (κ1) is 15.1. The largest absolute Gasteiger partial charge is 0.399 e. The third-order valence-corrected chi connectivity index (χ3v) is 2.50. The molecule has 18 heavy (non-hydrogen) atoms. The Hall–Kier alpha value is -0.986. The van der Waals surface area contributed by atoms with Gasteiger partial charge in [0.15, 0.2) is 0 Å². The molecule has 0 saturated carbocycles. The molecule has 0 saturated heterocycles. The number of rotatable bonds is 3. The fourth-order valence-electron chi connectivity index (χ4n) is 1.62. The van der Waals surface area contributed by atoms with E-state index < -0.39 is 0 Å². The molecular formula is C15H14NOY-. The third kappa shape index (κ3) is 3.76. The maximum atomic E-state index is 4.92. The molecule has 2 rings (SSSR count). The zero-order chi connectivity index (χ0) is 12.1. The van der Waals surface area contributed by atoms with Crippen LogP contribution in [0.3, 0.4) is 0 Å². The van der Waals surface area contributed by atoms with Gasteiger partial charge < -0.3 is 4.84 Å². The van der Waals surface area contributed by atoms with Crippen molar-refractivity contribution < 1.29 is 37.5 Å². The minimum atomic E-state index is 0. The van der Waals surface area contributed by atoms with Gasteiger partial charge in [-0.05, 0) is 6.92 Å². The van der Waals surface area contributed by atoms with E-state index in [-0.39, 0.29) is 32.7 Å². The Morgan fingerprint density at radius 3 is 2.11 bits per heavy atom. The van der Waals surface area contributed by atoms with E-state index in [0.717, 1.165) is 16.8 Å². The van der Waals surface area contributed by atoms with Gasteiger partial charge in [-0.25, -0.2) is 0 Å². The van der Waals surface area contributed by atoms with Crippen molar-refractivity contribution in [3.63, 3.8) is 0 Å². The zero-order valence-electron chi connectivity index (χ0n) is 10.6. The van der Waals surface area contributed by atoms with Gasteiger partial charge in [0.05, 0.1) is 5.71 Å². The molecule has 0 bridgehead atoms. The first-order chi connectivity index (χ1) is 8.31. The Balaban J connectivity index is 0.00000162. The van der Waals surface area contributed by atoms with Gasteiger partial charge in [-0.3, -0.25) is 0 Å². The van der Waals surface area contributed by atoms with Gasteiger partial charge in [-0.1, -0.05) is 35.0 Å². The van der Waals surface area contributed by atoms with Crippen molar-refractivity contribution in [3.8, 4) is 0 Å². The summed E-state index contributed by atoms with van der Waals surface area (Å²) in [7, 11) is 1.56. The van der Waals surface area contributed by atoms with E-state index in [2.05, 4.69) is 30.3 Å². The van der Waals surface area contributed by atoms with Crippen LogP contribution in [0.1, 0.15) is 16.7 Å². The standard InChI is InChI=1S/C15H14NO.Y/c1-12-8-10-14(11-9-12)15(16-17-2)13-6-4-3-5-7-13;/h4-11H,1-2H3;/q-1;. The number of benzene rings is 2. The Labute approximate surface area is 133 Å². The summed E-state index contributed by atoms with van der Waals surface area (Å²) in [4.78, 5) is 4.92. The van der Waals surface area contributed by atoms with Crippen molar-refractivity contribution in [2.75, 3.05) is 7.11 Å². The molecule has 2 aromatic carbocycles. The molecule has 1 radical (unpaired) electrons. The molecule has 0 unspecified atom stereocenters. The topological polar surface area (TPSA) is 21.6 Å². The van der Waals surface area contributed by atoms with Crippen molar-refractivity contribution in [1.29, 1.82) is 0 Å². The monoisotopic (exact) mass is 313 g/mol. The molecule has 2 aromatic rings. The number of hydrogen-bond donors (Lipinski definition) is 0. The molecule has 0 spiro atoms. The smallest absolute Gasteiger partial charge is 0.106 e. The van der Waals surface area contributed by atoms with Gasteiger partial charge in [0.1, 0.15) is 7.11 Å². The van der Waals surface area contributed by atoms with E-state index in [1.54, 1.807) is 7.11 Å². The molecule has 0 aliphatic heterocycles. The summed E-state index contributed by atoms with van der Waals surface area (Å²) >= 11 is 0. The Morgan fingerprint density at radius 1 is 1.00 bits per heavy atom. The average Bonchev–Trinajstić information content (AvgIpc) is 2.38. The predicted octanol–water partition coefficient (Wildman–Crippen LogP) is 3.19. The summed E-state index contributed by atoms with van der Waals surface area (Å²) < 4.78 is 0. The number of aryl methyl sites for hydroxylation is 1. The van der Waals surface area contributed by atoms with Gasteiger partial charge in [0.2, 0.25) is 0 Å². The second-order valence-electron chi connectivity index (χ2n) is 3.78. The first-order valence-electron chi connectivity index (χ1n) is 5.46. The quantitative estimate of drug-likeness (QED) is 0.484. The Kier molecular flexibility index (Phi) is 6.24. The molecule has 89 valence electrons. The van der Waals surface area contributed by atoms with Crippen LogP contribution in [0.25, 0.3) is 0 Å². The number of nitrogens with zero attached hydrogens (tertiary/aromatic N) is 1. The summed E-state index contributed by atoms with van der Waals surface area (Å²) in [6.07, 6.45) is 0. The van der Waals surface area contributed by atoms with Crippen molar-refractivity contribution in [1.82, 2.24) is 0 Å². The summed E-state index contributed by atoms with van der Waals surface area (Å²) in [5.41, 5.74) is 4.13. The summed E-state index contributed by atoms with van der Waals surface area (Å²) in [5, 5.41) is 4.10. The Morgan fingerprint density at radius 2 is 1.56 bits per heavy atom. The van der Waals surface area contributed by atoms with E-state index in [4.69, 9.17) is 4.84 Å². The summed E-state index contributed by atoms with van der Waals surface area (Å²) in [6.45, 7) is 2.06. The van der Waals surface area contributed by atoms with E-state index in [9.17, 15) is 0 Å². The van der Waals surface area contributed by atoms with Crippen molar-refractivity contribution in [2.24, 2.45) is 5.16 Å². The van der Waals surface area contributed by atoms with Crippen LogP contribution in [0, 0.1) is 13.0 Å². The van der Waals surface area contributed by atoms with Crippen molar-refractivity contribution in [3.05, 3.63) is 71.3 Å². The summed E-state index contributed by atoms with van der Waals surface area (Å²) in [5.74, 6) is 0. The maximum Gasteiger partial charge on any atom is 0.106 e. The predicted molar refractivity (Wildman–Crippen MR) is 69.1 cm³/mol. The number of hydrogen-bond acceptors (Lipinski definition) is 2. The molecule has 0 atom stereocenters. The minimum absolute atomic E-state index is 0. The molecule has 0 fully saturated rings. The summed E-state index contributed by atoms with van der Waals surface area (Å²) in [6, 6.07) is 18.9. The van der Waals surface area contributed by atoms with Gasteiger partial charge >= 0.3 is 0 Å². The normalized spacial score (nSPS) is 10.7. The van der Waals surface area contributed by atoms with Gasteiger partial charge in [0.25, 0.3) is 0 Å². The van der Waals surface area contributed by atoms with E-state index in [1.165, 1.54) is 5.56 Å². The molecule has 0 amide bonds. The van der Waals surface area contributed by atoms with Crippen LogP contribution in [0.4, 0.5) is 0 Å². The fourth-order valence-corrected chi connectivity index (χ4v) is 1.62. The average molecular weight is 313 g/mol. The number of oxime groups is 1. The molecule has 0 aliphatic carbocycles. The van der Waals surface area contributed by atoms with E-state index >= 15 is 0 Å². The van der Waals surface area contributed by atoms with Crippen LogP contribution in [-0.4, -0.2) is 12.8 Å². The minimum Gasteiger partial charge on any atom is -0.399 e. The molecule has 0 heterocycles. The van der Waals surface area contributed by atoms with E-state index in [1.807, 2.05) is 36.4 Å². The molecule has 0 aromatic heterocycles. The third-order valence-electron chi connectivity index (χ3n) is 2.50. The van der Waals surface area contributed by atoms with E-state index in [0.29, 0.717) is 0 Å². The zero-order valence-corrected chi connectivity index (χ0v) is 13.4. The van der Waals surface area contributed by atoms with Crippen LogP contribution in [0.5, 0.6) is 0 Å². The van der Waals surface area contributed by atoms with Crippen LogP contribution >= 0.6 is 0 Å². The van der Waals surface area contributed by atoms with Crippen LogP contribution < -0.4 is 0 Å². The second-order valence-corrected chi connectivity index (χ2v) is 3.78. The molecule has 3 heteroatoms. The Bertz CT molecular complexity index is 506. The molecule has 0 N–H and O–H groups in total. The van der Waals surface area contributed by atoms with Crippen molar-refractivity contribution >= 4 is 5.71 Å². The van der Waals surface area contributed by atoms with Gasteiger partial charge in [-0.15, -0.1) is 5.56 Å². The second kappa shape index (κ2) is 7.45.